The minimum absolute atomic E-state index is 0.00341. The highest BCUT2D eigenvalue weighted by atomic mass is 19.4. The van der Waals surface area contributed by atoms with Gasteiger partial charge in [0.15, 0.2) is 0 Å². The number of carbonyl (C=O) groups is 1. The molecule has 2 saturated carbocycles. The number of aliphatic hydroxyl groups excluding tert-OH is 1. The average Bonchev–Trinajstić information content (AvgIpc) is 3.25. The van der Waals surface area contributed by atoms with Gasteiger partial charge in [-0.1, -0.05) is 64.4 Å². The Bertz CT molecular complexity index is 1090. The summed E-state index contributed by atoms with van der Waals surface area (Å²) in [5.74, 6) is -3.74. The fourth-order valence-electron chi connectivity index (χ4n) is 8.98. The van der Waals surface area contributed by atoms with Gasteiger partial charge in [-0.05, 0) is 110 Å². The lowest BCUT2D eigenvalue weighted by Gasteiger charge is -2.53. The van der Waals surface area contributed by atoms with Gasteiger partial charge in [0.1, 0.15) is 5.75 Å². The van der Waals surface area contributed by atoms with E-state index in [0.29, 0.717) is 48.7 Å². The summed E-state index contributed by atoms with van der Waals surface area (Å²) in [4.78, 5) is 11.6. The number of alkyl halides is 5. The van der Waals surface area contributed by atoms with Crippen LogP contribution in [0, 0.1) is 29.1 Å². The number of fused-ring (bicyclic) bond motifs is 5. The summed E-state index contributed by atoms with van der Waals surface area (Å²) in [7, 11) is 0. The number of aromatic hydroxyl groups is 1. The van der Waals surface area contributed by atoms with Crippen LogP contribution < -0.4 is 0 Å². The summed E-state index contributed by atoms with van der Waals surface area (Å²) in [5.41, 5.74) is 2.68. The molecule has 0 spiro atoms. The van der Waals surface area contributed by atoms with E-state index in [1.54, 1.807) is 0 Å². The Morgan fingerprint density at radius 1 is 0.932 bits per heavy atom. The lowest BCUT2D eigenvalue weighted by molar-refractivity contribution is -0.284. The van der Waals surface area contributed by atoms with Gasteiger partial charge in [-0.25, -0.2) is 0 Å². The number of carboxylic acids is 1. The first kappa shape index (κ1) is 35.0. The van der Waals surface area contributed by atoms with Gasteiger partial charge in [0, 0.05) is 6.42 Å². The largest absolute Gasteiger partial charge is 0.508 e. The molecule has 3 N–H and O–H groups in total. The second-order valence-corrected chi connectivity index (χ2v) is 14.3. The van der Waals surface area contributed by atoms with Gasteiger partial charge < -0.3 is 15.3 Å². The highest BCUT2D eigenvalue weighted by Gasteiger charge is 2.57. The zero-order valence-electron chi connectivity index (χ0n) is 26.1. The minimum atomic E-state index is -5.54. The summed E-state index contributed by atoms with van der Waals surface area (Å²) in [6.07, 6.45) is 6.24. The number of halogens is 5. The first-order valence-corrected chi connectivity index (χ1v) is 16.9. The Balaban J connectivity index is 1.16. The lowest BCUT2D eigenvalue weighted by atomic mass is 9.52. The third-order valence-electron chi connectivity index (χ3n) is 11.5. The maximum atomic E-state index is 13.0. The van der Waals surface area contributed by atoms with Crippen molar-refractivity contribution in [2.45, 2.75) is 147 Å². The number of benzene rings is 1. The van der Waals surface area contributed by atoms with E-state index in [0.717, 1.165) is 77.0 Å². The maximum absolute atomic E-state index is 13.0. The predicted molar refractivity (Wildman–Crippen MR) is 160 cm³/mol. The number of aliphatic hydroxyl groups is 1. The highest BCUT2D eigenvalue weighted by Crippen LogP contribution is 2.62. The van der Waals surface area contributed by atoms with E-state index in [9.17, 15) is 42.1 Å². The second-order valence-electron chi connectivity index (χ2n) is 14.3. The Kier molecular flexibility index (Phi) is 11.7. The molecule has 0 bridgehead atoms. The van der Waals surface area contributed by atoms with Crippen molar-refractivity contribution >= 4 is 5.97 Å². The van der Waals surface area contributed by atoms with E-state index in [2.05, 4.69) is 13.0 Å². The number of phenolic OH excluding ortho intramolecular Hbond substituents is 1. The number of hydrogen-bond acceptors (Lipinski definition) is 3. The molecule has 0 aromatic heterocycles. The number of aliphatic carboxylic acids is 1. The standard InChI is InChI=1S/C35H51F5O4/c1-33-20-18-28-27-15-14-26(41)22-25(27)21-24(31(28)29(33)16-17-30(33)42)13-8-5-3-2-4-7-11-23(32(43)44)12-9-6-10-19-34(36,37)35(38,39)40/h14-15,22-24,28-31,41-42H,2-13,16-21H2,1H3,(H,43,44)/t23?,24-,28-,29+,30+,31-,33+/m1/s1. The maximum Gasteiger partial charge on any atom is 0.453 e. The molecule has 1 aromatic carbocycles. The van der Waals surface area contributed by atoms with Gasteiger partial charge in [-0.15, -0.1) is 0 Å². The molecule has 44 heavy (non-hydrogen) atoms. The van der Waals surface area contributed by atoms with Crippen LogP contribution in [0.3, 0.4) is 0 Å². The third kappa shape index (κ3) is 8.08. The van der Waals surface area contributed by atoms with Crippen molar-refractivity contribution < 1.29 is 42.1 Å². The molecule has 250 valence electrons. The SMILES string of the molecule is C[C@]12CC[C@@H]3c4ccc(O)cc4C[C@@H](CCCCCCCCC(CCCCCC(F)(F)C(F)(F)F)C(=O)O)[C@H]3[C@@H]1CC[C@@H]2O. The fraction of sp³-hybridized carbons (Fsp3) is 0.800. The van der Waals surface area contributed by atoms with Gasteiger partial charge in [0.2, 0.25) is 0 Å². The van der Waals surface area contributed by atoms with E-state index < -0.39 is 30.4 Å². The van der Waals surface area contributed by atoms with E-state index in [4.69, 9.17) is 0 Å². The zero-order chi connectivity index (χ0) is 32.1. The van der Waals surface area contributed by atoms with Crippen molar-refractivity contribution in [3.8, 4) is 5.75 Å². The molecule has 4 rings (SSSR count). The summed E-state index contributed by atoms with van der Waals surface area (Å²) < 4.78 is 62.9. The topological polar surface area (TPSA) is 77.8 Å². The van der Waals surface area contributed by atoms with Gasteiger partial charge in [-0.2, -0.15) is 22.0 Å². The van der Waals surface area contributed by atoms with E-state index in [1.165, 1.54) is 11.1 Å². The molecule has 3 aliphatic carbocycles. The Labute approximate surface area is 258 Å². The molecule has 1 unspecified atom stereocenters. The molecule has 0 heterocycles. The fourth-order valence-corrected chi connectivity index (χ4v) is 8.98. The molecule has 7 atom stereocenters. The number of hydrogen-bond donors (Lipinski definition) is 3. The van der Waals surface area contributed by atoms with E-state index in [1.807, 2.05) is 12.1 Å². The number of phenols is 1. The highest BCUT2D eigenvalue weighted by molar-refractivity contribution is 5.69. The summed E-state index contributed by atoms with van der Waals surface area (Å²) >= 11 is 0. The zero-order valence-corrected chi connectivity index (χ0v) is 26.1. The molecule has 4 nitrogen and oxygen atoms in total. The van der Waals surface area contributed by atoms with Crippen LogP contribution in [-0.4, -0.2) is 39.5 Å². The molecule has 0 radical (unpaired) electrons. The van der Waals surface area contributed by atoms with Crippen molar-refractivity contribution in [2.75, 3.05) is 0 Å². The smallest absolute Gasteiger partial charge is 0.453 e. The van der Waals surface area contributed by atoms with Gasteiger partial charge >= 0.3 is 18.1 Å². The molecular weight excluding hydrogens is 579 g/mol. The molecule has 0 saturated heterocycles. The summed E-state index contributed by atoms with van der Waals surface area (Å²) in [6, 6.07) is 5.90. The van der Waals surface area contributed by atoms with Crippen LogP contribution in [0.5, 0.6) is 5.75 Å². The number of carboxylic acid groups (broad SMARTS) is 1. The normalized spacial score (nSPS) is 29.1. The number of unbranched alkanes of at least 4 members (excludes halogenated alkanes) is 7. The molecular formula is C35H51F5O4. The van der Waals surface area contributed by atoms with Gasteiger partial charge in [0.25, 0.3) is 0 Å². The van der Waals surface area contributed by atoms with Crippen LogP contribution in [0.1, 0.15) is 133 Å². The van der Waals surface area contributed by atoms with Crippen LogP contribution in [0.25, 0.3) is 0 Å². The molecule has 0 amide bonds. The van der Waals surface area contributed by atoms with Crippen LogP contribution in [0.15, 0.2) is 18.2 Å². The van der Waals surface area contributed by atoms with Crippen LogP contribution in [0.4, 0.5) is 22.0 Å². The van der Waals surface area contributed by atoms with Crippen LogP contribution in [0.2, 0.25) is 0 Å². The molecule has 1 aromatic rings. The summed E-state index contributed by atoms with van der Waals surface area (Å²) in [5, 5.41) is 30.5. The van der Waals surface area contributed by atoms with E-state index >= 15 is 0 Å². The van der Waals surface area contributed by atoms with Crippen LogP contribution in [-0.2, 0) is 11.2 Å². The van der Waals surface area contributed by atoms with Gasteiger partial charge in [-0.3, -0.25) is 4.79 Å². The lowest BCUT2D eigenvalue weighted by Crippen LogP contribution is -2.47. The third-order valence-corrected chi connectivity index (χ3v) is 11.5. The van der Waals surface area contributed by atoms with Crippen molar-refractivity contribution in [1.29, 1.82) is 0 Å². The average molecular weight is 631 g/mol. The monoisotopic (exact) mass is 630 g/mol. The summed E-state index contributed by atoms with van der Waals surface area (Å²) in [6.45, 7) is 2.30. The van der Waals surface area contributed by atoms with Crippen molar-refractivity contribution in [3.05, 3.63) is 29.3 Å². The number of rotatable bonds is 16. The molecule has 9 heteroatoms. The van der Waals surface area contributed by atoms with Crippen molar-refractivity contribution in [1.82, 2.24) is 0 Å². The first-order chi connectivity index (χ1) is 20.7. The quantitative estimate of drug-likeness (QED) is 0.126. The Morgan fingerprint density at radius 3 is 2.23 bits per heavy atom. The second kappa shape index (κ2) is 14.7. The Hall–Kier alpha value is -1.90. The Morgan fingerprint density at radius 2 is 1.57 bits per heavy atom. The first-order valence-electron chi connectivity index (χ1n) is 16.9. The molecule has 3 aliphatic rings. The molecule has 0 aliphatic heterocycles. The predicted octanol–water partition coefficient (Wildman–Crippen LogP) is 9.80. The van der Waals surface area contributed by atoms with Crippen molar-refractivity contribution in [2.24, 2.45) is 29.1 Å². The van der Waals surface area contributed by atoms with Crippen LogP contribution >= 0.6 is 0 Å². The molecule has 2 fully saturated rings. The van der Waals surface area contributed by atoms with E-state index in [-0.39, 0.29) is 24.4 Å². The minimum Gasteiger partial charge on any atom is -0.508 e. The van der Waals surface area contributed by atoms with Crippen molar-refractivity contribution in [3.63, 3.8) is 0 Å². The van der Waals surface area contributed by atoms with Gasteiger partial charge in [0.05, 0.1) is 12.0 Å².